The van der Waals surface area contributed by atoms with Crippen LogP contribution < -0.4 is 4.72 Å². The van der Waals surface area contributed by atoms with Crippen LogP contribution in [0.4, 0.5) is 4.39 Å². The molecule has 1 rings (SSSR count). The monoisotopic (exact) mass is 295 g/mol. The maximum absolute atomic E-state index is 12.5. The summed E-state index contributed by atoms with van der Waals surface area (Å²) in [5.74, 6) is -1.22. The van der Waals surface area contributed by atoms with Crippen molar-refractivity contribution in [3.05, 3.63) is 30.1 Å². The number of hydrogen-bond donors (Lipinski definition) is 1. The summed E-state index contributed by atoms with van der Waals surface area (Å²) < 4.78 is 37.2. The number of nitrogens with one attached hydrogen (secondary N) is 1. The maximum atomic E-state index is 12.5. The topological polar surface area (TPSA) is 63.2 Å². The minimum Gasteiger partial charge on any atom is -0.273 e. The first-order valence-electron chi connectivity index (χ1n) is 3.83. The van der Waals surface area contributed by atoms with E-state index in [9.17, 15) is 17.6 Å². The molecule has 15 heavy (non-hydrogen) atoms. The molecule has 1 aromatic rings. The summed E-state index contributed by atoms with van der Waals surface area (Å²) in [5, 5.41) is -0.118. The number of sulfonamides is 1. The van der Waals surface area contributed by atoms with Crippen molar-refractivity contribution in [2.45, 2.75) is 4.90 Å². The quantitative estimate of drug-likeness (QED) is 0.847. The number of benzene rings is 1. The first kappa shape index (κ1) is 12.1. The Kier molecular flexibility index (Phi) is 3.81. The van der Waals surface area contributed by atoms with Crippen LogP contribution in [0.25, 0.3) is 0 Å². The summed E-state index contributed by atoms with van der Waals surface area (Å²) in [7, 11) is -3.88. The third-order valence-electron chi connectivity index (χ3n) is 1.49. The zero-order chi connectivity index (χ0) is 11.5. The lowest BCUT2D eigenvalue weighted by molar-refractivity contribution is -0.116. The van der Waals surface area contributed by atoms with E-state index in [1.807, 2.05) is 0 Å². The Morgan fingerprint density at radius 1 is 1.33 bits per heavy atom. The Balaban J connectivity index is 2.96. The predicted molar refractivity (Wildman–Crippen MR) is 55.5 cm³/mol. The molecule has 0 spiro atoms. The maximum Gasteiger partial charge on any atom is 0.264 e. The molecule has 0 aliphatic heterocycles. The van der Waals surface area contributed by atoms with Crippen molar-refractivity contribution in [2.24, 2.45) is 0 Å². The van der Waals surface area contributed by atoms with Gasteiger partial charge in [-0.2, -0.15) is 0 Å². The molecule has 0 atom stereocenters. The molecule has 0 radical (unpaired) electrons. The molecule has 0 heterocycles. The fourth-order valence-electron chi connectivity index (χ4n) is 0.850. The molecule has 0 unspecified atom stereocenters. The van der Waals surface area contributed by atoms with Crippen molar-refractivity contribution in [1.29, 1.82) is 0 Å². The molecule has 0 aliphatic carbocycles. The van der Waals surface area contributed by atoms with Crippen LogP contribution in [0.5, 0.6) is 0 Å². The molecule has 82 valence electrons. The van der Waals surface area contributed by atoms with Crippen LogP contribution in [0.15, 0.2) is 29.2 Å². The van der Waals surface area contributed by atoms with Crippen LogP contribution in [0.3, 0.4) is 0 Å². The van der Waals surface area contributed by atoms with Gasteiger partial charge in [-0.25, -0.2) is 17.5 Å². The van der Waals surface area contributed by atoms with E-state index < -0.39 is 21.7 Å². The summed E-state index contributed by atoms with van der Waals surface area (Å²) >= 11 is 2.82. The molecule has 7 heteroatoms. The second-order valence-corrected chi connectivity index (χ2v) is 4.86. The standard InChI is InChI=1S/C8H7BrFNO3S/c9-5-8(12)11-15(13,14)7-3-1-6(10)2-4-7/h1-4H,5H2,(H,11,12). The highest BCUT2D eigenvalue weighted by atomic mass is 79.9. The average Bonchev–Trinajstić information content (AvgIpc) is 2.17. The van der Waals surface area contributed by atoms with Crippen molar-refractivity contribution in [2.75, 3.05) is 5.33 Å². The molecule has 0 fully saturated rings. The van der Waals surface area contributed by atoms with E-state index >= 15 is 0 Å². The SMILES string of the molecule is O=C(CBr)NS(=O)(=O)c1ccc(F)cc1. The van der Waals surface area contributed by atoms with Gasteiger partial charge in [0.1, 0.15) is 5.82 Å². The summed E-state index contributed by atoms with van der Waals surface area (Å²) in [6.45, 7) is 0. The van der Waals surface area contributed by atoms with Gasteiger partial charge in [-0.05, 0) is 24.3 Å². The lowest BCUT2D eigenvalue weighted by Crippen LogP contribution is -2.31. The van der Waals surface area contributed by atoms with Crippen LogP contribution in [0.2, 0.25) is 0 Å². The summed E-state index contributed by atoms with van der Waals surface area (Å²) in [4.78, 5) is 10.7. The minimum absolute atomic E-state index is 0.118. The molecule has 0 bridgehead atoms. The second-order valence-electron chi connectivity index (χ2n) is 2.62. The Hall–Kier alpha value is -0.950. The molecular formula is C8H7BrFNO3S. The zero-order valence-corrected chi connectivity index (χ0v) is 9.81. The van der Waals surface area contributed by atoms with Gasteiger partial charge in [0.2, 0.25) is 5.91 Å². The van der Waals surface area contributed by atoms with Crippen LogP contribution in [-0.4, -0.2) is 19.7 Å². The minimum atomic E-state index is -3.88. The van der Waals surface area contributed by atoms with Gasteiger partial charge in [-0.15, -0.1) is 0 Å². The van der Waals surface area contributed by atoms with E-state index in [1.165, 1.54) is 0 Å². The number of alkyl halides is 1. The summed E-state index contributed by atoms with van der Waals surface area (Å²) in [5.41, 5.74) is 0. The fraction of sp³-hybridized carbons (Fsp3) is 0.125. The van der Waals surface area contributed by atoms with E-state index in [-0.39, 0.29) is 10.2 Å². The van der Waals surface area contributed by atoms with Crippen LogP contribution in [0.1, 0.15) is 0 Å². The largest absolute Gasteiger partial charge is 0.273 e. The fourth-order valence-corrected chi connectivity index (χ4v) is 2.16. The molecule has 0 aliphatic rings. The van der Waals surface area contributed by atoms with E-state index in [4.69, 9.17) is 0 Å². The Morgan fingerprint density at radius 3 is 2.33 bits per heavy atom. The van der Waals surface area contributed by atoms with Gasteiger partial charge < -0.3 is 0 Å². The third-order valence-corrected chi connectivity index (χ3v) is 3.39. The predicted octanol–water partition coefficient (Wildman–Crippen LogP) is 1.03. The Labute approximate surface area is 94.7 Å². The van der Waals surface area contributed by atoms with Gasteiger partial charge in [0.05, 0.1) is 10.2 Å². The summed E-state index contributed by atoms with van der Waals surface area (Å²) in [6, 6.07) is 4.18. The van der Waals surface area contributed by atoms with Crippen LogP contribution in [0, 0.1) is 5.82 Å². The molecule has 0 saturated carbocycles. The smallest absolute Gasteiger partial charge is 0.264 e. The Bertz CT molecular complexity index is 457. The van der Waals surface area contributed by atoms with Gasteiger partial charge in [0.25, 0.3) is 10.0 Å². The number of amides is 1. The van der Waals surface area contributed by atoms with Crippen molar-refractivity contribution in [1.82, 2.24) is 4.72 Å². The zero-order valence-electron chi connectivity index (χ0n) is 7.41. The lowest BCUT2D eigenvalue weighted by atomic mass is 10.4. The van der Waals surface area contributed by atoms with Crippen molar-refractivity contribution >= 4 is 31.9 Å². The number of hydrogen-bond acceptors (Lipinski definition) is 3. The average molecular weight is 296 g/mol. The number of rotatable bonds is 3. The first-order valence-corrected chi connectivity index (χ1v) is 6.43. The van der Waals surface area contributed by atoms with Crippen LogP contribution in [-0.2, 0) is 14.8 Å². The molecular weight excluding hydrogens is 289 g/mol. The van der Waals surface area contributed by atoms with E-state index in [1.54, 1.807) is 4.72 Å². The van der Waals surface area contributed by atoms with Crippen molar-refractivity contribution in [3.63, 3.8) is 0 Å². The van der Waals surface area contributed by atoms with Crippen LogP contribution >= 0.6 is 15.9 Å². The van der Waals surface area contributed by atoms with Gasteiger partial charge in [0, 0.05) is 0 Å². The molecule has 1 N–H and O–H groups in total. The number of carbonyl (C=O) groups is 1. The highest BCUT2D eigenvalue weighted by molar-refractivity contribution is 9.09. The van der Waals surface area contributed by atoms with E-state index in [0.717, 1.165) is 24.3 Å². The van der Waals surface area contributed by atoms with Gasteiger partial charge in [-0.1, -0.05) is 15.9 Å². The highest BCUT2D eigenvalue weighted by Crippen LogP contribution is 2.09. The Morgan fingerprint density at radius 2 is 1.87 bits per heavy atom. The molecule has 4 nitrogen and oxygen atoms in total. The lowest BCUT2D eigenvalue weighted by Gasteiger charge is -2.04. The molecule has 0 aromatic heterocycles. The molecule has 1 aromatic carbocycles. The second kappa shape index (κ2) is 4.71. The van der Waals surface area contributed by atoms with E-state index in [2.05, 4.69) is 15.9 Å². The van der Waals surface area contributed by atoms with Crippen molar-refractivity contribution in [3.8, 4) is 0 Å². The van der Waals surface area contributed by atoms with E-state index in [0.29, 0.717) is 0 Å². The first-order chi connectivity index (χ1) is 6.95. The molecule has 0 saturated heterocycles. The highest BCUT2D eigenvalue weighted by Gasteiger charge is 2.16. The number of carbonyl (C=O) groups excluding carboxylic acids is 1. The van der Waals surface area contributed by atoms with Gasteiger partial charge >= 0.3 is 0 Å². The normalized spacial score (nSPS) is 11.1. The van der Waals surface area contributed by atoms with Gasteiger partial charge in [0.15, 0.2) is 0 Å². The third kappa shape index (κ3) is 3.28. The van der Waals surface area contributed by atoms with Gasteiger partial charge in [-0.3, -0.25) is 4.79 Å². The summed E-state index contributed by atoms with van der Waals surface area (Å²) in [6.07, 6.45) is 0. The number of halogens is 2. The van der Waals surface area contributed by atoms with Crippen molar-refractivity contribution < 1.29 is 17.6 Å². The molecule has 1 amide bonds.